The Balaban J connectivity index is 1.46. The minimum absolute atomic E-state index is 0.0409. The number of hydrogen-bond donors (Lipinski definition) is 0. The highest BCUT2D eigenvalue weighted by Crippen LogP contribution is 2.24. The standard InChI is InChI=1S/C23H21N3O4/c1-29-17-8-6-16(7-9-17)19(15-24)25-10-12-26(13-11-25)23(28)22-14-20(27)18-4-2-3-5-21(18)30-22/h2-9,14,19H,10-13H2,1H3. The highest BCUT2D eigenvalue weighted by molar-refractivity contribution is 5.93. The fourth-order valence-electron chi connectivity index (χ4n) is 3.70. The smallest absolute Gasteiger partial charge is 0.289 e. The molecular weight excluding hydrogens is 382 g/mol. The molecule has 0 radical (unpaired) electrons. The number of carbonyl (C=O) groups excluding carboxylic acids is 1. The maximum absolute atomic E-state index is 12.9. The van der Waals surface area contributed by atoms with Crippen LogP contribution >= 0.6 is 0 Å². The first-order valence-corrected chi connectivity index (χ1v) is 9.70. The van der Waals surface area contributed by atoms with Gasteiger partial charge < -0.3 is 14.1 Å². The summed E-state index contributed by atoms with van der Waals surface area (Å²) in [4.78, 5) is 28.9. The van der Waals surface area contributed by atoms with Gasteiger partial charge in [0.25, 0.3) is 5.91 Å². The minimum Gasteiger partial charge on any atom is -0.497 e. The molecular formula is C23H21N3O4. The lowest BCUT2D eigenvalue weighted by Gasteiger charge is -2.36. The first kappa shape index (κ1) is 19.7. The molecule has 0 spiro atoms. The predicted molar refractivity (Wildman–Crippen MR) is 111 cm³/mol. The first-order valence-electron chi connectivity index (χ1n) is 9.70. The van der Waals surface area contributed by atoms with Crippen LogP contribution in [-0.2, 0) is 0 Å². The zero-order valence-electron chi connectivity index (χ0n) is 16.6. The Morgan fingerprint density at radius 1 is 1.10 bits per heavy atom. The molecule has 1 aromatic heterocycles. The van der Waals surface area contributed by atoms with Gasteiger partial charge in [0.1, 0.15) is 17.4 Å². The summed E-state index contributed by atoms with van der Waals surface area (Å²) in [5, 5.41) is 10.1. The lowest BCUT2D eigenvalue weighted by molar-refractivity contribution is 0.0577. The Labute approximate surface area is 173 Å². The van der Waals surface area contributed by atoms with Crippen LogP contribution in [0.1, 0.15) is 22.2 Å². The topological polar surface area (TPSA) is 86.8 Å². The van der Waals surface area contributed by atoms with Crippen molar-refractivity contribution in [2.75, 3.05) is 33.3 Å². The van der Waals surface area contributed by atoms with Crippen molar-refractivity contribution < 1.29 is 13.9 Å². The second-order valence-electron chi connectivity index (χ2n) is 7.10. The van der Waals surface area contributed by atoms with Gasteiger partial charge in [0, 0.05) is 32.2 Å². The lowest BCUT2D eigenvalue weighted by Crippen LogP contribution is -2.49. The molecule has 3 aromatic rings. The van der Waals surface area contributed by atoms with Crippen molar-refractivity contribution in [3.63, 3.8) is 0 Å². The normalized spacial score (nSPS) is 15.5. The molecule has 1 saturated heterocycles. The molecule has 1 aliphatic heterocycles. The average molecular weight is 403 g/mol. The van der Waals surface area contributed by atoms with Crippen molar-refractivity contribution in [1.29, 1.82) is 5.26 Å². The van der Waals surface area contributed by atoms with Crippen molar-refractivity contribution in [1.82, 2.24) is 9.80 Å². The molecule has 0 saturated carbocycles. The number of rotatable bonds is 4. The van der Waals surface area contributed by atoms with Crippen molar-refractivity contribution >= 4 is 16.9 Å². The van der Waals surface area contributed by atoms with Crippen LogP contribution in [0.4, 0.5) is 0 Å². The van der Waals surface area contributed by atoms with Gasteiger partial charge in [0.05, 0.1) is 18.6 Å². The van der Waals surface area contributed by atoms with E-state index in [-0.39, 0.29) is 17.1 Å². The molecule has 1 aliphatic rings. The quantitative estimate of drug-likeness (QED) is 0.666. The summed E-state index contributed by atoms with van der Waals surface area (Å²) >= 11 is 0. The number of fused-ring (bicyclic) bond motifs is 1. The van der Waals surface area contributed by atoms with E-state index in [0.717, 1.165) is 11.3 Å². The fraction of sp³-hybridized carbons (Fsp3) is 0.261. The number of amides is 1. The SMILES string of the molecule is COc1ccc(C(C#N)N2CCN(C(=O)c3cc(=O)c4ccccc4o3)CC2)cc1. The van der Waals surface area contributed by atoms with Gasteiger partial charge in [-0.2, -0.15) is 5.26 Å². The summed E-state index contributed by atoms with van der Waals surface area (Å²) in [5.41, 5.74) is 1.05. The molecule has 30 heavy (non-hydrogen) atoms. The molecule has 1 fully saturated rings. The number of benzene rings is 2. The molecule has 2 aromatic carbocycles. The molecule has 0 aliphatic carbocycles. The van der Waals surface area contributed by atoms with Gasteiger partial charge in [0.15, 0.2) is 11.2 Å². The Morgan fingerprint density at radius 2 is 1.80 bits per heavy atom. The van der Waals surface area contributed by atoms with Gasteiger partial charge >= 0.3 is 0 Å². The number of hydrogen-bond acceptors (Lipinski definition) is 6. The summed E-state index contributed by atoms with van der Waals surface area (Å²) in [7, 11) is 1.60. The van der Waals surface area contributed by atoms with Crippen LogP contribution in [0.5, 0.6) is 5.75 Å². The summed E-state index contributed by atoms with van der Waals surface area (Å²) in [5.74, 6) is 0.470. The van der Waals surface area contributed by atoms with Gasteiger partial charge in [0.2, 0.25) is 0 Å². The van der Waals surface area contributed by atoms with E-state index in [0.29, 0.717) is 37.1 Å². The molecule has 7 heteroatoms. The van der Waals surface area contributed by atoms with Crippen molar-refractivity contribution in [3.8, 4) is 11.8 Å². The average Bonchev–Trinajstić information content (AvgIpc) is 2.80. The maximum atomic E-state index is 12.9. The highest BCUT2D eigenvalue weighted by atomic mass is 16.5. The van der Waals surface area contributed by atoms with Crippen molar-refractivity contribution in [3.05, 3.63) is 76.1 Å². The summed E-state index contributed by atoms with van der Waals surface area (Å²) < 4.78 is 10.8. The Hall–Kier alpha value is -3.63. The number of ether oxygens (including phenoxy) is 1. The number of methoxy groups -OCH3 is 1. The molecule has 0 bridgehead atoms. The zero-order valence-corrected chi connectivity index (χ0v) is 16.6. The van der Waals surface area contributed by atoms with Crippen LogP contribution in [0.15, 0.2) is 63.8 Å². The molecule has 2 heterocycles. The third-order valence-electron chi connectivity index (χ3n) is 5.37. The fourth-order valence-corrected chi connectivity index (χ4v) is 3.70. The first-order chi connectivity index (χ1) is 14.6. The highest BCUT2D eigenvalue weighted by Gasteiger charge is 2.28. The van der Waals surface area contributed by atoms with E-state index >= 15 is 0 Å². The van der Waals surface area contributed by atoms with E-state index in [4.69, 9.17) is 9.15 Å². The summed E-state index contributed by atoms with van der Waals surface area (Å²) in [6.45, 7) is 2.00. The van der Waals surface area contributed by atoms with Gasteiger partial charge in [-0.05, 0) is 29.8 Å². The molecule has 1 atom stereocenters. The van der Waals surface area contributed by atoms with E-state index in [1.54, 1.807) is 36.3 Å². The summed E-state index contributed by atoms with van der Waals surface area (Å²) in [6, 6.07) is 17.5. The number of nitriles is 1. The monoisotopic (exact) mass is 403 g/mol. The number of carbonyl (C=O) groups is 1. The molecule has 1 unspecified atom stereocenters. The van der Waals surface area contributed by atoms with Gasteiger partial charge in [-0.1, -0.05) is 24.3 Å². The predicted octanol–water partition coefficient (Wildman–Crippen LogP) is 2.82. The van der Waals surface area contributed by atoms with Crippen LogP contribution in [0, 0.1) is 11.3 Å². The van der Waals surface area contributed by atoms with E-state index < -0.39 is 6.04 Å². The van der Waals surface area contributed by atoms with Gasteiger partial charge in [-0.15, -0.1) is 0 Å². The molecule has 4 rings (SSSR count). The third-order valence-corrected chi connectivity index (χ3v) is 5.37. The largest absolute Gasteiger partial charge is 0.497 e. The number of nitrogens with zero attached hydrogens (tertiary/aromatic N) is 3. The summed E-state index contributed by atoms with van der Waals surface area (Å²) in [6.07, 6.45) is 0. The maximum Gasteiger partial charge on any atom is 0.289 e. The van der Waals surface area contributed by atoms with Crippen LogP contribution in [0.2, 0.25) is 0 Å². The Kier molecular flexibility index (Phi) is 5.50. The van der Waals surface area contributed by atoms with Crippen LogP contribution in [-0.4, -0.2) is 49.0 Å². The number of piperazine rings is 1. The Morgan fingerprint density at radius 3 is 2.47 bits per heavy atom. The molecule has 0 N–H and O–H groups in total. The second-order valence-corrected chi connectivity index (χ2v) is 7.10. The van der Waals surface area contributed by atoms with E-state index in [1.165, 1.54) is 6.07 Å². The molecule has 152 valence electrons. The zero-order chi connectivity index (χ0) is 21.1. The van der Waals surface area contributed by atoms with Crippen LogP contribution in [0.25, 0.3) is 11.0 Å². The third kappa shape index (κ3) is 3.78. The van der Waals surface area contributed by atoms with Crippen LogP contribution < -0.4 is 10.2 Å². The van der Waals surface area contributed by atoms with Crippen LogP contribution in [0.3, 0.4) is 0 Å². The van der Waals surface area contributed by atoms with Gasteiger partial charge in [-0.25, -0.2) is 0 Å². The Bertz CT molecular complexity index is 1160. The molecule has 1 amide bonds. The molecule has 7 nitrogen and oxygen atoms in total. The lowest BCUT2D eigenvalue weighted by atomic mass is 10.1. The second kappa shape index (κ2) is 8.39. The van der Waals surface area contributed by atoms with Crippen molar-refractivity contribution in [2.24, 2.45) is 0 Å². The van der Waals surface area contributed by atoms with E-state index in [9.17, 15) is 14.9 Å². The van der Waals surface area contributed by atoms with E-state index in [2.05, 4.69) is 6.07 Å². The van der Waals surface area contributed by atoms with Crippen molar-refractivity contribution in [2.45, 2.75) is 6.04 Å². The van der Waals surface area contributed by atoms with Gasteiger partial charge in [-0.3, -0.25) is 14.5 Å². The minimum atomic E-state index is -0.397. The van der Waals surface area contributed by atoms with E-state index in [1.807, 2.05) is 29.2 Å². The number of para-hydroxylation sites is 1.